The lowest BCUT2D eigenvalue weighted by Crippen LogP contribution is -2.42. The minimum atomic E-state index is -4.07. The summed E-state index contributed by atoms with van der Waals surface area (Å²) < 4.78 is 39.5. The van der Waals surface area contributed by atoms with Crippen LogP contribution in [0.3, 0.4) is 0 Å². The van der Waals surface area contributed by atoms with Crippen molar-refractivity contribution in [1.29, 1.82) is 0 Å². The number of nitrogens with zero attached hydrogens (tertiary/aromatic N) is 3. The third-order valence-electron chi connectivity index (χ3n) is 3.77. The fraction of sp³-hybridized carbons (Fsp3) is 0.750. The first-order valence-corrected chi connectivity index (χ1v) is 6.41. The molecule has 4 nitrogen and oxygen atoms in total. The zero-order valence-electron chi connectivity index (χ0n) is 10.9. The second-order valence-corrected chi connectivity index (χ2v) is 5.05. The first-order chi connectivity index (χ1) is 8.91. The Labute approximate surface area is 110 Å². The standard InChI is InChI=1S/C12H19F3N4/c1-18-8-9(7-17-18)11(6-16)19-4-2-10(3-5-19)12(13,14)15/h7-8,10-11H,2-6,16H2,1H3. The summed E-state index contributed by atoms with van der Waals surface area (Å²) >= 11 is 0. The van der Waals surface area contributed by atoms with Crippen LogP contribution in [0.5, 0.6) is 0 Å². The third kappa shape index (κ3) is 3.27. The van der Waals surface area contributed by atoms with Gasteiger partial charge in [-0.2, -0.15) is 18.3 Å². The predicted octanol–water partition coefficient (Wildman–Crippen LogP) is 1.69. The van der Waals surface area contributed by atoms with Crippen LogP contribution in [0.1, 0.15) is 24.4 Å². The van der Waals surface area contributed by atoms with Crippen LogP contribution in [0.25, 0.3) is 0 Å². The van der Waals surface area contributed by atoms with Gasteiger partial charge in [0.15, 0.2) is 0 Å². The number of aryl methyl sites for hydroxylation is 1. The van der Waals surface area contributed by atoms with Gasteiger partial charge in [0.1, 0.15) is 0 Å². The monoisotopic (exact) mass is 276 g/mol. The molecule has 7 heteroatoms. The number of halogens is 3. The molecule has 0 amide bonds. The van der Waals surface area contributed by atoms with Gasteiger partial charge in [-0.15, -0.1) is 0 Å². The fourth-order valence-electron chi connectivity index (χ4n) is 2.65. The molecule has 108 valence electrons. The Balaban J connectivity index is 1.99. The van der Waals surface area contributed by atoms with Crippen LogP contribution in [0.2, 0.25) is 0 Å². The molecule has 0 aliphatic carbocycles. The highest BCUT2D eigenvalue weighted by molar-refractivity contribution is 5.11. The molecule has 2 heterocycles. The minimum absolute atomic E-state index is 0.0390. The van der Waals surface area contributed by atoms with Crippen molar-refractivity contribution in [2.24, 2.45) is 18.7 Å². The van der Waals surface area contributed by atoms with Crippen molar-refractivity contribution >= 4 is 0 Å². The Hall–Kier alpha value is -1.08. The molecule has 1 aromatic rings. The molecule has 1 aromatic heterocycles. The number of piperidine rings is 1. The zero-order valence-corrected chi connectivity index (χ0v) is 10.9. The summed E-state index contributed by atoms with van der Waals surface area (Å²) in [4.78, 5) is 2.03. The van der Waals surface area contributed by atoms with Crippen molar-refractivity contribution < 1.29 is 13.2 Å². The van der Waals surface area contributed by atoms with E-state index < -0.39 is 12.1 Å². The smallest absolute Gasteiger partial charge is 0.329 e. The molecule has 2 N–H and O–H groups in total. The van der Waals surface area contributed by atoms with E-state index in [0.717, 1.165) is 5.56 Å². The Bertz CT molecular complexity index is 407. The SMILES string of the molecule is Cn1cc(C(CN)N2CCC(C(F)(F)F)CC2)cn1. The molecule has 1 aliphatic heterocycles. The number of aromatic nitrogens is 2. The number of likely N-dealkylation sites (tertiary alicyclic amines) is 1. The van der Waals surface area contributed by atoms with Gasteiger partial charge in [0.25, 0.3) is 0 Å². The molecule has 1 saturated heterocycles. The van der Waals surface area contributed by atoms with E-state index >= 15 is 0 Å². The maximum atomic E-state index is 12.6. The topological polar surface area (TPSA) is 47.1 Å². The molecule has 19 heavy (non-hydrogen) atoms. The fourth-order valence-corrected chi connectivity index (χ4v) is 2.65. The van der Waals surface area contributed by atoms with Crippen LogP contribution < -0.4 is 5.73 Å². The van der Waals surface area contributed by atoms with Gasteiger partial charge in [-0.05, 0) is 25.9 Å². The van der Waals surface area contributed by atoms with E-state index in [0.29, 0.717) is 19.6 Å². The van der Waals surface area contributed by atoms with E-state index in [9.17, 15) is 13.2 Å². The normalized spacial score (nSPS) is 20.7. The first-order valence-electron chi connectivity index (χ1n) is 6.41. The van der Waals surface area contributed by atoms with Gasteiger partial charge >= 0.3 is 6.18 Å². The zero-order chi connectivity index (χ0) is 14.0. The summed E-state index contributed by atoms with van der Waals surface area (Å²) in [6, 6.07) is -0.0390. The predicted molar refractivity (Wildman–Crippen MR) is 65.4 cm³/mol. The van der Waals surface area contributed by atoms with Gasteiger partial charge in [-0.25, -0.2) is 0 Å². The summed E-state index contributed by atoms with van der Waals surface area (Å²) in [7, 11) is 1.81. The molecule has 0 spiro atoms. The molecule has 1 fully saturated rings. The molecule has 2 rings (SSSR count). The average molecular weight is 276 g/mol. The quantitative estimate of drug-likeness (QED) is 0.914. The number of hydrogen-bond donors (Lipinski definition) is 1. The van der Waals surface area contributed by atoms with Crippen LogP contribution in [0, 0.1) is 5.92 Å². The number of rotatable bonds is 3. The van der Waals surface area contributed by atoms with Gasteiger partial charge in [0.2, 0.25) is 0 Å². The highest BCUT2D eigenvalue weighted by Crippen LogP contribution is 2.36. The first kappa shape index (κ1) is 14.3. The van der Waals surface area contributed by atoms with E-state index in [1.54, 1.807) is 10.9 Å². The van der Waals surface area contributed by atoms with E-state index in [1.165, 1.54) is 0 Å². The van der Waals surface area contributed by atoms with Gasteiger partial charge in [-0.1, -0.05) is 0 Å². The molecule has 1 aliphatic rings. The Morgan fingerprint density at radius 1 is 1.42 bits per heavy atom. The molecule has 1 unspecified atom stereocenters. The van der Waals surface area contributed by atoms with Crippen molar-refractivity contribution in [3.63, 3.8) is 0 Å². The van der Waals surface area contributed by atoms with Gasteiger partial charge in [-0.3, -0.25) is 9.58 Å². The lowest BCUT2D eigenvalue weighted by atomic mass is 9.94. The lowest BCUT2D eigenvalue weighted by Gasteiger charge is -2.37. The van der Waals surface area contributed by atoms with Gasteiger partial charge in [0.05, 0.1) is 18.2 Å². The number of alkyl halides is 3. The van der Waals surface area contributed by atoms with Crippen molar-refractivity contribution in [1.82, 2.24) is 14.7 Å². The molecule has 0 bridgehead atoms. The van der Waals surface area contributed by atoms with Crippen molar-refractivity contribution in [3.05, 3.63) is 18.0 Å². The lowest BCUT2D eigenvalue weighted by molar-refractivity contribution is -0.186. The van der Waals surface area contributed by atoms with E-state index in [2.05, 4.69) is 5.10 Å². The molecular formula is C12H19F3N4. The van der Waals surface area contributed by atoms with Crippen molar-refractivity contribution in [2.45, 2.75) is 25.1 Å². The summed E-state index contributed by atoms with van der Waals surface area (Å²) in [5, 5.41) is 4.09. The Morgan fingerprint density at radius 2 is 2.05 bits per heavy atom. The van der Waals surface area contributed by atoms with Crippen molar-refractivity contribution in [3.8, 4) is 0 Å². The van der Waals surface area contributed by atoms with E-state index in [4.69, 9.17) is 5.73 Å². The maximum absolute atomic E-state index is 12.6. The summed E-state index contributed by atoms with van der Waals surface area (Å²) in [5.74, 6) is -1.17. The van der Waals surface area contributed by atoms with Crippen LogP contribution in [-0.4, -0.2) is 40.5 Å². The summed E-state index contributed by atoms with van der Waals surface area (Å²) in [6.45, 7) is 1.25. The average Bonchev–Trinajstić information content (AvgIpc) is 2.76. The minimum Gasteiger partial charge on any atom is -0.329 e. The highest BCUT2D eigenvalue weighted by Gasteiger charge is 2.41. The van der Waals surface area contributed by atoms with Crippen LogP contribution >= 0.6 is 0 Å². The Morgan fingerprint density at radius 3 is 2.47 bits per heavy atom. The summed E-state index contributed by atoms with van der Waals surface area (Å²) in [6.07, 6.45) is -0.167. The number of hydrogen-bond acceptors (Lipinski definition) is 3. The molecule has 0 aromatic carbocycles. The van der Waals surface area contributed by atoms with Crippen molar-refractivity contribution in [2.75, 3.05) is 19.6 Å². The molecule has 0 saturated carbocycles. The van der Waals surface area contributed by atoms with Crippen LogP contribution in [-0.2, 0) is 7.05 Å². The highest BCUT2D eigenvalue weighted by atomic mass is 19.4. The molecular weight excluding hydrogens is 257 g/mol. The van der Waals surface area contributed by atoms with Crippen LogP contribution in [0.4, 0.5) is 13.2 Å². The second kappa shape index (κ2) is 5.50. The maximum Gasteiger partial charge on any atom is 0.391 e. The van der Waals surface area contributed by atoms with Crippen LogP contribution in [0.15, 0.2) is 12.4 Å². The third-order valence-corrected chi connectivity index (χ3v) is 3.77. The molecule has 1 atom stereocenters. The number of nitrogens with two attached hydrogens (primary N) is 1. The second-order valence-electron chi connectivity index (χ2n) is 5.05. The molecule has 0 radical (unpaired) electrons. The summed E-state index contributed by atoms with van der Waals surface area (Å²) in [5.41, 5.74) is 6.73. The largest absolute Gasteiger partial charge is 0.391 e. The van der Waals surface area contributed by atoms with Gasteiger partial charge < -0.3 is 5.73 Å². The Kier molecular flexibility index (Phi) is 4.15. The van der Waals surface area contributed by atoms with Gasteiger partial charge in [0, 0.05) is 25.4 Å². The van der Waals surface area contributed by atoms with E-state index in [1.807, 2.05) is 18.1 Å². The van der Waals surface area contributed by atoms with E-state index in [-0.39, 0.29) is 18.9 Å².